The molecule has 4 rings (SSSR count). The van der Waals surface area contributed by atoms with E-state index < -0.39 is 34.1 Å². The highest BCUT2D eigenvalue weighted by Gasteiger charge is 2.14. The molecular formula is C28H22ClF5O. The number of hydrogen-bond acceptors (Lipinski definition) is 1. The minimum absolute atomic E-state index is 0.00144. The zero-order chi connectivity index (χ0) is 25.1. The van der Waals surface area contributed by atoms with Gasteiger partial charge in [-0.15, -0.1) is 0 Å². The minimum atomic E-state index is -0.848. The predicted octanol–water partition coefficient (Wildman–Crippen LogP) is 7.91. The van der Waals surface area contributed by atoms with Crippen LogP contribution in [0.3, 0.4) is 0 Å². The molecule has 0 atom stereocenters. The third kappa shape index (κ3) is 5.65. The van der Waals surface area contributed by atoms with Crippen LogP contribution in [0.2, 0.25) is 5.02 Å². The van der Waals surface area contributed by atoms with Crippen LogP contribution in [-0.2, 0) is 37.0 Å². The van der Waals surface area contributed by atoms with E-state index in [-0.39, 0.29) is 31.4 Å². The molecule has 0 spiro atoms. The summed E-state index contributed by atoms with van der Waals surface area (Å²) in [6.45, 7) is 0.125. The summed E-state index contributed by atoms with van der Waals surface area (Å²) in [6.07, 6.45) is 1.03. The maximum Gasteiger partial charge on any atom is 0.145 e. The van der Waals surface area contributed by atoms with Crippen molar-refractivity contribution < 1.29 is 26.7 Å². The van der Waals surface area contributed by atoms with Gasteiger partial charge in [-0.2, -0.15) is 0 Å². The van der Waals surface area contributed by atoms with E-state index >= 15 is 4.39 Å². The molecular weight excluding hydrogens is 483 g/mol. The highest BCUT2D eigenvalue weighted by atomic mass is 35.5. The lowest BCUT2D eigenvalue weighted by Gasteiger charge is -2.11. The zero-order valence-corrected chi connectivity index (χ0v) is 19.7. The molecule has 35 heavy (non-hydrogen) atoms. The summed E-state index contributed by atoms with van der Waals surface area (Å²) in [4.78, 5) is 0. The number of rotatable bonds is 8. The molecule has 0 bridgehead atoms. The smallest absolute Gasteiger partial charge is 0.145 e. The van der Waals surface area contributed by atoms with Gasteiger partial charge in [-0.3, -0.25) is 0 Å². The molecule has 0 unspecified atom stereocenters. The Kier molecular flexibility index (Phi) is 7.72. The zero-order valence-electron chi connectivity index (χ0n) is 18.9. The normalized spacial score (nSPS) is 11.4. The average Bonchev–Trinajstić information content (AvgIpc) is 2.81. The first-order valence-corrected chi connectivity index (χ1v) is 11.4. The molecule has 0 aliphatic heterocycles. The van der Waals surface area contributed by atoms with Crippen molar-refractivity contribution in [3.63, 3.8) is 0 Å². The quantitative estimate of drug-likeness (QED) is 0.175. The van der Waals surface area contributed by atoms with Gasteiger partial charge >= 0.3 is 0 Å². The Morgan fingerprint density at radius 1 is 0.657 bits per heavy atom. The van der Waals surface area contributed by atoms with Gasteiger partial charge in [0.15, 0.2) is 0 Å². The van der Waals surface area contributed by atoms with Gasteiger partial charge in [-0.25, -0.2) is 22.0 Å². The second kappa shape index (κ2) is 10.8. The monoisotopic (exact) mass is 504 g/mol. The second-order valence-corrected chi connectivity index (χ2v) is 8.82. The molecule has 0 aliphatic carbocycles. The van der Waals surface area contributed by atoms with Crippen LogP contribution in [0.25, 0.3) is 10.8 Å². The molecule has 0 aromatic heterocycles. The van der Waals surface area contributed by atoms with Gasteiger partial charge in [0.25, 0.3) is 0 Å². The lowest BCUT2D eigenvalue weighted by molar-refractivity contribution is 0.184. The molecule has 4 aromatic rings. The Hall–Kier alpha value is -2.96. The fourth-order valence-electron chi connectivity index (χ4n) is 4.18. The van der Waals surface area contributed by atoms with Gasteiger partial charge in [0.1, 0.15) is 34.1 Å². The van der Waals surface area contributed by atoms with Crippen molar-refractivity contribution >= 4 is 22.4 Å². The number of benzene rings is 4. The number of hydrogen-bond donors (Lipinski definition) is 0. The Bertz CT molecular complexity index is 1340. The first-order valence-electron chi connectivity index (χ1n) is 11.1. The van der Waals surface area contributed by atoms with Crippen LogP contribution in [0.1, 0.15) is 27.8 Å². The van der Waals surface area contributed by atoms with Crippen LogP contribution >= 0.6 is 11.6 Å². The third-order valence-electron chi connectivity index (χ3n) is 6.00. The average molecular weight is 505 g/mol. The van der Waals surface area contributed by atoms with E-state index in [9.17, 15) is 17.6 Å². The van der Waals surface area contributed by atoms with Gasteiger partial charge in [-0.05, 0) is 77.6 Å². The molecule has 0 saturated heterocycles. The molecule has 7 heteroatoms. The highest BCUT2D eigenvalue weighted by Crippen LogP contribution is 2.26. The number of fused-ring (bicyclic) bond motifs is 1. The molecule has 0 fully saturated rings. The first kappa shape index (κ1) is 25.1. The largest absolute Gasteiger partial charge is 0.380 e. The van der Waals surface area contributed by atoms with Crippen molar-refractivity contribution in [2.45, 2.75) is 32.3 Å². The highest BCUT2D eigenvalue weighted by molar-refractivity contribution is 6.30. The van der Waals surface area contributed by atoms with Crippen molar-refractivity contribution in [1.29, 1.82) is 0 Å². The lowest BCUT2D eigenvalue weighted by Crippen LogP contribution is -2.02. The number of halogens is 6. The number of methoxy groups -OCH3 is 1. The summed E-state index contributed by atoms with van der Waals surface area (Å²) < 4.78 is 76.1. The third-order valence-corrected chi connectivity index (χ3v) is 6.36. The van der Waals surface area contributed by atoms with Crippen LogP contribution < -0.4 is 0 Å². The van der Waals surface area contributed by atoms with E-state index in [4.69, 9.17) is 16.3 Å². The SMILES string of the molecule is COCc1cc(F)c(CCc2ccc3c(F)c(CCc4cc(F)c(Cl)c(F)c4)ccc3c2)c(F)c1. The summed E-state index contributed by atoms with van der Waals surface area (Å²) in [5, 5.41) is 0.500. The van der Waals surface area contributed by atoms with E-state index in [0.29, 0.717) is 33.9 Å². The maximum atomic E-state index is 15.1. The van der Waals surface area contributed by atoms with Crippen LogP contribution in [0.4, 0.5) is 22.0 Å². The molecule has 0 amide bonds. The summed E-state index contributed by atoms with van der Waals surface area (Å²) in [7, 11) is 1.46. The predicted molar refractivity (Wildman–Crippen MR) is 127 cm³/mol. The number of ether oxygens (including phenoxy) is 1. The minimum Gasteiger partial charge on any atom is -0.380 e. The van der Waals surface area contributed by atoms with Gasteiger partial charge in [0.2, 0.25) is 0 Å². The van der Waals surface area contributed by atoms with E-state index in [1.54, 1.807) is 30.3 Å². The summed E-state index contributed by atoms with van der Waals surface area (Å²) in [5.41, 5.74) is 2.04. The molecule has 1 nitrogen and oxygen atoms in total. The van der Waals surface area contributed by atoms with Crippen molar-refractivity contribution in [2.24, 2.45) is 0 Å². The van der Waals surface area contributed by atoms with E-state index in [2.05, 4.69) is 0 Å². The van der Waals surface area contributed by atoms with E-state index in [1.165, 1.54) is 19.2 Å². The Balaban J connectivity index is 1.48. The molecule has 0 aliphatic rings. The summed E-state index contributed by atoms with van der Waals surface area (Å²) in [5.74, 6) is -3.34. The van der Waals surface area contributed by atoms with Crippen molar-refractivity contribution in [2.75, 3.05) is 7.11 Å². The van der Waals surface area contributed by atoms with Gasteiger partial charge in [0, 0.05) is 18.1 Å². The number of aryl methyl sites for hydroxylation is 3. The molecule has 0 heterocycles. The van der Waals surface area contributed by atoms with Crippen LogP contribution in [0.15, 0.2) is 54.6 Å². The molecule has 0 saturated carbocycles. The Morgan fingerprint density at radius 2 is 1.29 bits per heavy atom. The van der Waals surface area contributed by atoms with Gasteiger partial charge < -0.3 is 4.74 Å². The van der Waals surface area contributed by atoms with E-state index in [1.807, 2.05) is 0 Å². The van der Waals surface area contributed by atoms with Crippen LogP contribution in [0.5, 0.6) is 0 Å². The van der Waals surface area contributed by atoms with Crippen LogP contribution in [0, 0.1) is 29.1 Å². The first-order chi connectivity index (χ1) is 16.8. The molecule has 0 radical (unpaired) electrons. The van der Waals surface area contributed by atoms with Crippen LogP contribution in [-0.4, -0.2) is 7.11 Å². The van der Waals surface area contributed by atoms with Gasteiger partial charge in [-0.1, -0.05) is 41.9 Å². The van der Waals surface area contributed by atoms with Crippen molar-refractivity contribution in [1.82, 2.24) is 0 Å². The Morgan fingerprint density at radius 3 is 1.94 bits per heavy atom. The fourth-order valence-corrected chi connectivity index (χ4v) is 4.29. The topological polar surface area (TPSA) is 9.23 Å². The Labute approximate surface area is 205 Å². The molecule has 0 N–H and O–H groups in total. The second-order valence-electron chi connectivity index (χ2n) is 8.44. The summed E-state index contributed by atoms with van der Waals surface area (Å²) in [6, 6.07) is 13.4. The van der Waals surface area contributed by atoms with Crippen molar-refractivity contribution in [3.8, 4) is 0 Å². The van der Waals surface area contributed by atoms with Crippen molar-refractivity contribution in [3.05, 3.63) is 117 Å². The standard InChI is InChI=1S/C28H22ClF5O/c1-35-15-18-13-23(30)22(24(31)14-18)9-4-16-3-8-21-20(10-16)7-6-19(28(21)34)5-2-17-11-25(32)27(29)26(33)12-17/h3,6-8,10-14H,2,4-5,9,15H2,1H3. The molecule has 182 valence electrons. The van der Waals surface area contributed by atoms with Gasteiger partial charge in [0.05, 0.1) is 6.61 Å². The molecule has 4 aromatic carbocycles. The lowest BCUT2D eigenvalue weighted by atomic mass is 9.97. The van der Waals surface area contributed by atoms with E-state index in [0.717, 1.165) is 17.7 Å². The fraction of sp³-hybridized carbons (Fsp3) is 0.214. The summed E-state index contributed by atoms with van der Waals surface area (Å²) >= 11 is 5.51. The maximum absolute atomic E-state index is 15.1.